The maximum Gasteiger partial charge on any atom is 0.217 e. The minimum atomic E-state index is -0.531. The summed E-state index contributed by atoms with van der Waals surface area (Å²) in [6.07, 6.45) is 1.51. The van der Waals surface area contributed by atoms with Crippen molar-refractivity contribution in [1.82, 2.24) is 10.2 Å². The first-order valence-electron chi connectivity index (χ1n) is 7.90. The summed E-state index contributed by atoms with van der Waals surface area (Å²) in [4.78, 5) is 13.3. The highest BCUT2D eigenvalue weighted by Gasteiger charge is 2.22. The number of ether oxygens (including phenoxy) is 1. The molecule has 1 aliphatic rings. The summed E-state index contributed by atoms with van der Waals surface area (Å²) in [6.45, 7) is 6.16. The average Bonchev–Trinajstić information content (AvgIpc) is 2.45. The molecular formula is C17H26N2O3. The number of hydrogen-bond donors (Lipinski definition) is 2. The number of aryl methyl sites for hydroxylation is 1. The van der Waals surface area contributed by atoms with Crippen LogP contribution in [0.5, 0.6) is 5.75 Å². The Labute approximate surface area is 132 Å². The Kier molecular flexibility index (Phi) is 6.21. The minimum absolute atomic E-state index is 0.00943. The number of hydrogen-bond acceptors (Lipinski definition) is 4. The predicted octanol–water partition coefficient (Wildman–Crippen LogP) is 1.34. The predicted molar refractivity (Wildman–Crippen MR) is 86.0 cm³/mol. The largest absolute Gasteiger partial charge is 0.491 e. The molecule has 1 aromatic rings. The Hall–Kier alpha value is -1.59. The molecule has 122 valence electrons. The lowest BCUT2D eigenvalue weighted by molar-refractivity contribution is -0.120. The Morgan fingerprint density at radius 2 is 2.36 bits per heavy atom. The number of likely N-dealkylation sites (tertiary alicyclic amines) is 1. The van der Waals surface area contributed by atoms with Crippen LogP contribution >= 0.6 is 0 Å². The van der Waals surface area contributed by atoms with Crippen molar-refractivity contribution < 1.29 is 14.6 Å². The van der Waals surface area contributed by atoms with E-state index in [-0.39, 0.29) is 18.6 Å². The van der Waals surface area contributed by atoms with Gasteiger partial charge in [-0.2, -0.15) is 0 Å². The van der Waals surface area contributed by atoms with Crippen LogP contribution in [0.1, 0.15) is 25.3 Å². The van der Waals surface area contributed by atoms with E-state index in [0.29, 0.717) is 6.54 Å². The number of nitrogens with zero attached hydrogens (tertiary/aromatic N) is 1. The number of benzene rings is 1. The van der Waals surface area contributed by atoms with E-state index in [2.05, 4.69) is 10.2 Å². The average molecular weight is 306 g/mol. The van der Waals surface area contributed by atoms with Crippen molar-refractivity contribution in [2.45, 2.75) is 38.8 Å². The molecule has 2 atom stereocenters. The van der Waals surface area contributed by atoms with E-state index in [4.69, 9.17) is 4.74 Å². The first kappa shape index (κ1) is 16.8. The summed E-state index contributed by atoms with van der Waals surface area (Å²) in [5, 5.41) is 13.1. The fourth-order valence-electron chi connectivity index (χ4n) is 2.87. The Bertz CT molecular complexity index is 493. The van der Waals surface area contributed by atoms with Gasteiger partial charge in [-0.15, -0.1) is 0 Å². The zero-order chi connectivity index (χ0) is 15.9. The van der Waals surface area contributed by atoms with Crippen molar-refractivity contribution in [2.24, 2.45) is 0 Å². The lowest BCUT2D eigenvalue weighted by Crippen LogP contribution is -2.49. The van der Waals surface area contributed by atoms with Gasteiger partial charge in [-0.3, -0.25) is 9.69 Å². The highest BCUT2D eigenvalue weighted by atomic mass is 16.5. The summed E-state index contributed by atoms with van der Waals surface area (Å²) in [5.41, 5.74) is 1.14. The standard InChI is InChI=1S/C17H26N2O3/c1-13-5-3-7-17(9-13)22-12-16(21)11-19-8-4-6-15(10-19)18-14(2)20/h3,5,7,9,15-16,21H,4,6,8,10-12H2,1-2H3,(H,18,20). The number of aliphatic hydroxyl groups is 1. The third-order valence-electron chi connectivity index (χ3n) is 3.81. The second kappa shape index (κ2) is 8.15. The molecule has 2 N–H and O–H groups in total. The zero-order valence-corrected chi connectivity index (χ0v) is 13.4. The van der Waals surface area contributed by atoms with Crippen LogP contribution in [0.4, 0.5) is 0 Å². The van der Waals surface area contributed by atoms with Gasteiger partial charge in [-0.05, 0) is 44.0 Å². The van der Waals surface area contributed by atoms with Crippen molar-refractivity contribution in [3.8, 4) is 5.75 Å². The van der Waals surface area contributed by atoms with Crippen molar-refractivity contribution in [3.63, 3.8) is 0 Å². The zero-order valence-electron chi connectivity index (χ0n) is 13.4. The van der Waals surface area contributed by atoms with Crippen LogP contribution in [0.3, 0.4) is 0 Å². The lowest BCUT2D eigenvalue weighted by Gasteiger charge is -2.34. The monoisotopic (exact) mass is 306 g/mol. The van der Waals surface area contributed by atoms with Crippen LogP contribution in [-0.4, -0.2) is 54.3 Å². The molecule has 2 unspecified atom stereocenters. The summed E-state index contributed by atoms with van der Waals surface area (Å²) in [5.74, 6) is 0.795. The molecule has 22 heavy (non-hydrogen) atoms. The Morgan fingerprint density at radius 3 is 3.09 bits per heavy atom. The van der Waals surface area contributed by atoms with Gasteiger partial charge in [0, 0.05) is 26.1 Å². The molecule has 0 spiro atoms. The van der Waals surface area contributed by atoms with Gasteiger partial charge in [-0.1, -0.05) is 12.1 Å². The number of carbonyl (C=O) groups excluding carboxylic acids is 1. The molecule has 1 amide bonds. The molecule has 1 aliphatic heterocycles. The molecule has 0 radical (unpaired) electrons. The van der Waals surface area contributed by atoms with Gasteiger partial charge in [0.25, 0.3) is 0 Å². The number of β-amino-alcohol motifs (C(OH)–C–C–N with tert-alkyl or cyclic N) is 1. The number of nitrogens with one attached hydrogen (secondary N) is 1. The summed E-state index contributed by atoms with van der Waals surface area (Å²) >= 11 is 0. The van der Waals surface area contributed by atoms with E-state index in [1.807, 2.05) is 31.2 Å². The van der Waals surface area contributed by atoms with Gasteiger partial charge in [0.15, 0.2) is 0 Å². The number of rotatable bonds is 6. The molecule has 0 aromatic heterocycles. The van der Waals surface area contributed by atoms with E-state index in [0.717, 1.165) is 37.2 Å². The van der Waals surface area contributed by atoms with Gasteiger partial charge in [0.2, 0.25) is 5.91 Å². The van der Waals surface area contributed by atoms with Gasteiger partial charge in [-0.25, -0.2) is 0 Å². The second-order valence-electron chi connectivity index (χ2n) is 6.08. The number of amides is 1. The first-order chi connectivity index (χ1) is 10.5. The highest BCUT2D eigenvalue weighted by Crippen LogP contribution is 2.14. The van der Waals surface area contributed by atoms with Gasteiger partial charge < -0.3 is 15.2 Å². The van der Waals surface area contributed by atoms with E-state index >= 15 is 0 Å². The molecule has 0 saturated carbocycles. The molecule has 1 fully saturated rings. The number of piperidine rings is 1. The SMILES string of the molecule is CC(=O)NC1CCCN(CC(O)COc2cccc(C)c2)C1. The normalized spacial score (nSPS) is 20.4. The van der Waals surface area contributed by atoms with E-state index < -0.39 is 6.10 Å². The van der Waals surface area contributed by atoms with E-state index in [1.165, 1.54) is 0 Å². The molecule has 0 bridgehead atoms. The molecular weight excluding hydrogens is 280 g/mol. The molecule has 0 aliphatic carbocycles. The van der Waals surface area contributed by atoms with Crippen molar-refractivity contribution in [1.29, 1.82) is 0 Å². The van der Waals surface area contributed by atoms with Crippen molar-refractivity contribution in [3.05, 3.63) is 29.8 Å². The topological polar surface area (TPSA) is 61.8 Å². The molecule has 1 heterocycles. The molecule has 1 saturated heterocycles. The van der Waals surface area contributed by atoms with Crippen molar-refractivity contribution >= 4 is 5.91 Å². The fraction of sp³-hybridized carbons (Fsp3) is 0.588. The van der Waals surface area contributed by atoms with Crippen LogP contribution in [0.15, 0.2) is 24.3 Å². The lowest BCUT2D eigenvalue weighted by atomic mass is 10.1. The molecule has 2 rings (SSSR count). The van der Waals surface area contributed by atoms with Crippen molar-refractivity contribution in [2.75, 3.05) is 26.2 Å². The quantitative estimate of drug-likeness (QED) is 0.832. The smallest absolute Gasteiger partial charge is 0.217 e. The van der Waals surface area contributed by atoms with Crippen LogP contribution in [-0.2, 0) is 4.79 Å². The van der Waals surface area contributed by atoms with E-state index in [1.54, 1.807) is 6.92 Å². The first-order valence-corrected chi connectivity index (χ1v) is 7.90. The number of carbonyl (C=O) groups is 1. The van der Waals surface area contributed by atoms with Gasteiger partial charge in [0.05, 0.1) is 0 Å². The minimum Gasteiger partial charge on any atom is -0.491 e. The highest BCUT2D eigenvalue weighted by molar-refractivity contribution is 5.73. The summed E-state index contributed by atoms with van der Waals surface area (Å²) in [7, 11) is 0. The van der Waals surface area contributed by atoms with Crippen LogP contribution in [0, 0.1) is 6.92 Å². The van der Waals surface area contributed by atoms with Crippen LogP contribution in [0.2, 0.25) is 0 Å². The van der Waals surface area contributed by atoms with Crippen LogP contribution in [0.25, 0.3) is 0 Å². The van der Waals surface area contributed by atoms with Crippen LogP contribution < -0.4 is 10.1 Å². The third kappa shape index (κ3) is 5.66. The Balaban J connectivity index is 1.74. The maximum absolute atomic E-state index is 11.1. The number of aliphatic hydroxyl groups excluding tert-OH is 1. The maximum atomic E-state index is 11.1. The second-order valence-corrected chi connectivity index (χ2v) is 6.08. The summed E-state index contributed by atoms with van der Waals surface area (Å²) < 4.78 is 5.64. The molecule has 1 aromatic carbocycles. The fourth-order valence-corrected chi connectivity index (χ4v) is 2.87. The molecule has 5 heteroatoms. The Morgan fingerprint density at radius 1 is 1.55 bits per heavy atom. The summed E-state index contributed by atoms with van der Waals surface area (Å²) in [6, 6.07) is 8.00. The van der Waals surface area contributed by atoms with Gasteiger partial charge in [0.1, 0.15) is 18.5 Å². The van der Waals surface area contributed by atoms with Gasteiger partial charge >= 0.3 is 0 Å². The molecule has 5 nitrogen and oxygen atoms in total. The third-order valence-corrected chi connectivity index (χ3v) is 3.81. The van der Waals surface area contributed by atoms with E-state index in [9.17, 15) is 9.90 Å².